The van der Waals surface area contributed by atoms with Crippen LogP contribution in [0.5, 0.6) is 0 Å². The van der Waals surface area contributed by atoms with Crippen LogP contribution in [0, 0.1) is 0 Å². The third-order valence-corrected chi connectivity index (χ3v) is 7.78. The third kappa shape index (κ3) is 4.36. The number of ether oxygens (including phenoxy) is 1. The molecule has 1 aliphatic carbocycles. The number of hydrogen-bond acceptors (Lipinski definition) is 9. The van der Waals surface area contributed by atoms with Gasteiger partial charge in [-0.3, -0.25) is 4.79 Å². The zero-order valence-electron chi connectivity index (χ0n) is 13.8. The van der Waals surface area contributed by atoms with Crippen LogP contribution in [-0.2, 0) is 22.4 Å². The van der Waals surface area contributed by atoms with E-state index < -0.39 is 0 Å². The monoisotopic (exact) mass is 415 g/mol. The van der Waals surface area contributed by atoms with Gasteiger partial charge in [-0.25, -0.2) is 4.79 Å². The Hall–Kier alpha value is -1.10. The fraction of sp³-hybridized carbons (Fsp3) is 0.467. The highest BCUT2D eigenvalue weighted by Crippen LogP contribution is 2.39. The first kappa shape index (κ1) is 18.7. The molecule has 0 bridgehead atoms. The molecule has 3 rings (SSSR count). The standard InChI is InChI=1S/C15H17N3O3S4/c1-3-21-13(20)11-8-5-4-6-9(8)24-12(11)16-10(19)7-23-15-18-17-14(22-2)25-15/h3-7H2,1-2H3,(H,16,19). The summed E-state index contributed by atoms with van der Waals surface area (Å²) >= 11 is 5.84. The zero-order valence-corrected chi connectivity index (χ0v) is 17.1. The van der Waals surface area contributed by atoms with E-state index in [1.165, 1.54) is 51.1 Å². The molecule has 1 N–H and O–H groups in total. The second-order valence-corrected chi connectivity index (χ2v) is 9.52. The van der Waals surface area contributed by atoms with Crippen molar-refractivity contribution >= 4 is 63.1 Å². The van der Waals surface area contributed by atoms with E-state index in [9.17, 15) is 9.59 Å². The number of nitrogens with one attached hydrogen (secondary N) is 1. The van der Waals surface area contributed by atoms with Crippen molar-refractivity contribution in [1.82, 2.24) is 10.2 Å². The number of carbonyl (C=O) groups excluding carboxylic acids is 2. The molecule has 25 heavy (non-hydrogen) atoms. The Bertz CT molecular complexity index is 787. The molecule has 2 heterocycles. The number of fused-ring (bicyclic) bond motifs is 1. The number of aromatic nitrogens is 2. The van der Waals surface area contributed by atoms with Crippen molar-refractivity contribution in [1.29, 1.82) is 0 Å². The number of carbonyl (C=O) groups is 2. The van der Waals surface area contributed by atoms with Crippen molar-refractivity contribution < 1.29 is 14.3 Å². The second-order valence-electron chi connectivity index (χ2n) is 5.16. The van der Waals surface area contributed by atoms with Crippen LogP contribution in [0.2, 0.25) is 0 Å². The van der Waals surface area contributed by atoms with Gasteiger partial charge in [0.05, 0.1) is 17.9 Å². The number of esters is 1. The molecule has 0 radical (unpaired) electrons. The summed E-state index contributed by atoms with van der Waals surface area (Å²) in [5, 5.41) is 11.5. The van der Waals surface area contributed by atoms with Crippen molar-refractivity contribution in [2.75, 3.05) is 23.9 Å². The summed E-state index contributed by atoms with van der Waals surface area (Å²) in [6, 6.07) is 0. The number of thiophene rings is 1. The molecule has 0 spiro atoms. The third-order valence-electron chi connectivity index (χ3n) is 3.54. The molecule has 2 aromatic rings. The van der Waals surface area contributed by atoms with Crippen molar-refractivity contribution in [3.8, 4) is 0 Å². The first-order valence-corrected chi connectivity index (χ1v) is 11.6. The van der Waals surface area contributed by atoms with E-state index >= 15 is 0 Å². The van der Waals surface area contributed by atoms with Gasteiger partial charge in [-0.15, -0.1) is 21.5 Å². The van der Waals surface area contributed by atoms with Crippen LogP contribution in [0.25, 0.3) is 0 Å². The Labute approximate surface area is 162 Å². The Balaban J connectivity index is 1.67. The molecule has 134 valence electrons. The van der Waals surface area contributed by atoms with E-state index in [1.807, 2.05) is 6.26 Å². The van der Waals surface area contributed by atoms with Gasteiger partial charge in [-0.05, 0) is 38.0 Å². The summed E-state index contributed by atoms with van der Waals surface area (Å²) in [5.41, 5.74) is 1.58. The molecule has 0 fully saturated rings. The highest BCUT2D eigenvalue weighted by Gasteiger charge is 2.28. The lowest BCUT2D eigenvalue weighted by molar-refractivity contribution is -0.113. The van der Waals surface area contributed by atoms with E-state index in [0.29, 0.717) is 17.2 Å². The molecule has 10 heteroatoms. The molecule has 2 aromatic heterocycles. The molecular weight excluding hydrogens is 398 g/mol. The van der Waals surface area contributed by atoms with Gasteiger partial charge in [0.15, 0.2) is 8.68 Å². The van der Waals surface area contributed by atoms with Crippen LogP contribution in [0.4, 0.5) is 5.00 Å². The number of amides is 1. The van der Waals surface area contributed by atoms with Gasteiger partial charge in [0.2, 0.25) is 5.91 Å². The second kappa shape index (κ2) is 8.52. The van der Waals surface area contributed by atoms with E-state index in [0.717, 1.165) is 33.5 Å². The fourth-order valence-corrected chi connectivity index (χ4v) is 6.07. The quantitative estimate of drug-likeness (QED) is 0.545. The summed E-state index contributed by atoms with van der Waals surface area (Å²) in [4.78, 5) is 25.8. The van der Waals surface area contributed by atoms with E-state index in [1.54, 1.807) is 6.92 Å². The Morgan fingerprint density at radius 2 is 2.04 bits per heavy atom. The Morgan fingerprint density at radius 3 is 2.76 bits per heavy atom. The fourth-order valence-electron chi connectivity index (χ4n) is 2.54. The molecule has 1 amide bonds. The maximum Gasteiger partial charge on any atom is 0.341 e. The van der Waals surface area contributed by atoms with Gasteiger partial charge >= 0.3 is 5.97 Å². The topological polar surface area (TPSA) is 81.2 Å². The van der Waals surface area contributed by atoms with Crippen LogP contribution >= 0.6 is 46.2 Å². The maximum absolute atomic E-state index is 12.3. The lowest BCUT2D eigenvalue weighted by atomic mass is 10.1. The van der Waals surface area contributed by atoms with Crippen molar-refractivity contribution in [3.63, 3.8) is 0 Å². The molecule has 0 unspecified atom stereocenters. The zero-order chi connectivity index (χ0) is 17.8. The van der Waals surface area contributed by atoms with Crippen LogP contribution in [0.15, 0.2) is 8.68 Å². The number of nitrogens with zero attached hydrogens (tertiary/aromatic N) is 2. The van der Waals surface area contributed by atoms with Gasteiger partial charge in [-0.1, -0.05) is 34.9 Å². The summed E-state index contributed by atoms with van der Waals surface area (Å²) < 4.78 is 6.81. The van der Waals surface area contributed by atoms with Gasteiger partial charge in [0.1, 0.15) is 5.00 Å². The van der Waals surface area contributed by atoms with E-state index in [-0.39, 0.29) is 17.6 Å². The van der Waals surface area contributed by atoms with Crippen molar-refractivity contribution in [3.05, 3.63) is 16.0 Å². The number of thioether (sulfide) groups is 2. The SMILES string of the molecule is CCOC(=O)c1c(NC(=O)CSc2nnc(SC)s2)sc2c1CCC2. The predicted octanol–water partition coefficient (Wildman–Crippen LogP) is 3.72. The molecule has 0 saturated heterocycles. The summed E-state index contributed by atoms with van der Waals surface area (Å²) in [5.74, 6) is -0.275. The molecule has 6 nitrogen and oxygen atoms in total. The summed E-state index contributed by atoms with van der Waals surface area (Å²) in [7, 11) is 0. The molecule has 0 aliphatic heterocycles. The first-order chi connectivity index (χ1) is 12.1. The molecule has 0 aromatic carbocycles. The molecule has 0 saturated carbocycles. The lowest BCUT2D eigenvalue weighted by Crippen LogP contribution is -2.16. The Morgan fingerprint density at radius 1 is 1.24 bits per heavy atom. The van der Waals surface area contributed by atoms with Gasteiger partial charge in [-0.2, -0.15) is 0 Å². The molecule has 0 atom stereocenters. The van der Waals surface area contributed by atoms with Crippen molar-refractivity contribution in [2.24, 2.45) is 0 Å². The average Bonchev–Trinajstić information content (AvgIpc) is 3.28. The number of aryl methyl sites for hydroxylation is 1. The molecular formula is C15H17N3O3S4. The largest absolute Gasteiger partial charge is 0.462 e. The van der Waals surface area contributed by atoms with Crippen LogP contribution in [-0.4, -0.2) is 40.7 Å². The van der Waals surface area contributed by atoms with E-state index in [2.05, 4.69) is 15.5 Å². The minimum Gasteiger partial charge on any atom is -0.462 e. The normalized spacial score (nSPS) is 12.9. The number of rotatable bonds is 7. The Kier molecular flexibility index (Phi) is 6.37. The van der Waals surface area contributed by atoms with Crippen LogP contribution < -0.4 is 5.32 Å². The predicted molar refractivity (Wildman–Crippen MR) is 103 cm³/mol. The van der Waals surface area contributed by atoms with Crippen molar-refractivity contribution in [2.45, 2.75) is 34.9 Å². The summed E-state index contributed by atoms with van der Waals surface area (Å²) in [6.07, 6.45) is 4.81. The first-order valence-electron chi connectivity index (χ1n) is 7.74. The van der Waals surface area contributed by atoms with Gasteiger partial charge in [0, 0.05) is 4.88 Å². The smallest absolute Gasteiger partial charge is 0.341 e. The minimum atomic E-state index is -0.349. The van der Waals surface area contributed by atoms with E-state index in [4.69, 9.17) is 4.74 Å². The minimum absolute atomic E-state index is 0.156. The summed E-state index contributed by atoms with van der Waals surface area (Å²) in [6.45, 7) is 2.10. The van der Waals surface area contributed by atoms with Gasteiger partial charge < -0.3 is 10.1 Å². The average molecular weight is 416 g/mol. The molecule has 1 aliphatic rings. The van der Waals surface area contributed by atoms with Gasteiger partial charge in [0.25, 0.3) is 0 Å². The maximum atomic E-state index is 12.3. The lowest BCUT2D eigenvalue weighted by Gasteiger charge is -2.07. The number of anilines is 1. The van der Waals surface area contributed by atoms with Crippen LogP contribution in [0.3, 0.4) is 0 Å². The van der Waals surface area contributed by atoms with Crippen LogP contribution in [0.1, 0.15) is 34.1 Å². The highest BCUT2D eigenvalue weighted by molar-refractivity contribution is 8.03. The number of hydrogen-bond donors (Lipinski definition) is 1. The highest BCUT2D eigenvalue weighted by atomic mass is 32.2.